The third-order valence-corrected chi connectivity index (χ3v) is 3.47. The van der Waals surface area contributed by atoms with E-state index in [4.69, 9.17) is 0 Å². The minimum Gasteiger partial charge on any atom is -0.313 e. The molecule has 2 rings (SSSR count). The third kappa shape index (κ3) is 1.08. The van der Waals surface area contributed by atoms with E-state index in [1.54, 1.807) is 0 Å². The summed E-state index contributed by atoms with van der Waals surface area (Å²) in [7, 11) is 0. The van der Waals surface area contributed by atoms with Crippen LogP contribution in [0.5, 0.6) is 0 Å². The molecule has 2 fully saturated rings. The molecule has 1 heterocycles. The maximum absolute atomic E-state index is 4.55. The van der Waals surface area contributed by atoms with Crippen LogP contribution in [0.1, 0.15) is 25.7 Å². The van der Waals surface area contributed by atoms with Crippen molar-refractivity contribution in [3.05, 3.63) is 0 Å². The largest absolute Gasteiger partial charge is 0.313 e. The van der Waals surface area contributed by atoms with E-state index in [0.29, 0.717) is 5.25 Å². The molecule has 2 heteroatoms. The molecule has 0 aromatic rings. The minimum atomic E-state index is 0.644. The van der Waals surface area contributed by atoms with Gasteiger partial charge in [0.25, 0.3) is 0 Å². The zero-order valence-corrected chi connectivity index (χ0v) is 7.11. The van der Waals surface area contributed by atoms with Gasteiger partial charge in [0.2, 0.25) is 0 Å². The highest BCUT2D eigenvalue weighted by molar-refractivity contribution is 7.81. The Morgan fingerprint density at radius 2 is 2.00 bits per heavy atom. The van der Waals surface area contributed by atoms with E-state index in [9.17, 15) is 0 Å². The topological polar surface area (TPSA) is 12.0 Å². The second-order valence-corrected chi connectivity index (χ2v) is 4.19. The van der Waals surface area contributed by atoms with Crippen molar-refractivity contribution in [3.8, 4) is 0 Å². The highest BCUT2D eigenvalue weighted by Crippen LogP contribution is 2.32. The van der Waals surface area contributed by atoms with Crippen molar-refractivity contribution in [1.29, 1.82) is 0 Å². The van der Waals surface area contributed by atoms with Gasteiger partial charge in [0.05, 0.1) is 0 Å². The Kier molecular flexibility index (Phi) is 1.92. The number of nitrogens with one attached hydrogen (secondary N) is 1. The second kappa shape index (κ2) is 2.74. The zero-order chi connectivity index (χ0) is 6.97. The molecular weight excluding hydrogens is 142 g/mol. The van der Waals surface area contributed by atoms with E-state index in [0.717, 1.165) is 18.5 Å². The van der Waals surface area contributed by atoms with Gasteiger partial charge in [-0.2, -0.15) is 12.6 Å². The summed E-state index contributed by atoms with van der Waals surface area (Å²) in [6.45, 7) is 1.14. The van der Waals surface area contributed by atoms with Gasteiger partial charge in [0.15, 0.2) is 0 Å². The van der Waals surface area contributed by atoms with Crippen LogP contribution in [0, 0.1) is 5.92 Å². The summed E-state index contributed by atoms with van der Waals surface area (Å²) in [6, 6.07) is 0.816. The molecule has 1 nitrogen and oxygen atoms in total. The molecule has 0 aromatic heterocycles. The van der Waals surface area contributed by atoms with Crippen LogP contribution in [0.3, 0.4) is 0 Å². The maximum atomic E-state index is 4.55. The summed E-state index contributed by atoms with van der Waals surface area (Å²) in [4.78, 5) is 0. The molecule has 0 amide bonds. The molecule has 0 bridgehead atoms. The first kappa shape index (κ1) is 6.99. The van der Waals surface area contributed by atoms with E-state index in [-0.39, 0.29) is 0 Å². The normalized spacial score (nSPS) is 47.1. The lowest BCUT2D eigenvalue weighted by molar-refractivity contribution is 0.330. The molecule has 2 aliphatic rings. The average molecular weight is 157 g/mol. The molecule has 0 radical (unpaired) electrons. The molecule has 58 valence electrons. The standard InChI is InChI=1S/C8H15NS/c10-8-5-9-7-4-2-1-3-6(7)8/h6-10H,1-5H2. The lowest BCUT2D eigenvalue weighted by Crippen LogP contribution is -2.30. The molecule has 1 saturated heterocycles. The Labute approximate surface area is 68.0 Å². The van der Waals surface area contributed by atoms with Crippen molar-refractivity contribution in [2.75, 3.05) is 6.54 Å². The number of hydrogen-bond donors (Lipinski definition) is 2. The predicted octanol–water partition coefficient (Wildman–Crippen LogP) is 1.45. The smallest absolute Gasteiger partial charge is 0.0185 e. The van der Waals surface area contributed by atoms with Crippen LogP contribution >= 0.6 is 12.6 Å². The van der Waals surface area contributed by atoms with Gasteiger partial charge in [-0.3, -0.25) is 0 Å². The number of rotatable bonds is 0. The lowest BCUT2D eigenvalue weighted by Gasteiger charge is -2.26. The zero-order valence-electron chi connectivity index (χ0n) is 6.21. The lowest BCUT2D eigenvalue weighted by atomic mass is 9.85. The molecule has 1 N–H and O–H groups in total. The van der Waals surface area contributed by atoms with E-state index in [2.05, 4.69) is 17.9 Å². The summed E-state index contributed by atoms with van der Waals surface area (Å²) in [5.74, 6) is 0.886. The van der Waals surface area contributed by atoms with E-state index >= 15 is 0 Å². The molecule has 0 spiro atoms. The van der Waals surface area contributed by atoms with Crippen LogP contribution in [0.4, 0.5) is 0 Å². The van der Waals surface area contributed by atoms with Crippen LogP contribution < -0.4 is 5.32 Å². The molecule has 3 atom stereocenters. The second-order valence-electron chi connectivity index (χ2n) is 3.53. The van der Waals surface area contributed by atoms with Gasteiger partial charge in [0, 0.05) is 17.8 Å². The van der Waals surface area contributed by atoms with Gasteiger partial charge < -0.3 is 5.32 Å². The Balaban J connectivity index is 2.01. The van der Waals surface area contributed by atoms with Crippen LogP contribution in [-0.2, 0) is 0 Å². The quantitative estimate of drug-likeness (QED) is 0.507. The van der Waals surface area contributed by atoms with Crippen molar-refractivity contribution in [3.63, 3.8) is 0 Å². The Bertz CT molecular complexity index is 124. The van der Waals surface area contributed by atoms with Crippen LogP contribution in [0.15, 0.2) is 0 Å². The summed E-state index contributed by atoms with van der Waals surface area (Å²) in [6.07, 6.45) is 5.65. The fraction of sp³-hybridized carbons (Fsp3) is 1.00. The number of thiol groups is 1. The summed E-state index contributed by atoms with van der Waals surface area (Å²) >= 11 is 4.55. The van der Waals surface area contributed by atoms with E-state index < -0.39 is 0 Å². The first-order valence-electron chi connectivity index (χ1n) is 4.29. The fourth-order valence-electron chi connectivity index (χ4n) is 2.30. The van der Waals surface area contributed by atoms with Crippen molar-refractivity contribution in [2.45, 2.75) is 37.0 Å². The molecule has 1 aliphatic heterocycles. The van der Waals surface area contributed by atoms with Crippen LogP contribution in [0.2, 0.25) is 0 Å². The van der Waals surface area contributed by atoms with Crippen LogP contribution in [-0.4, -0.2) is 17.8 Å². The van der Waals surface area contributed by atoms with Crippen molar-refractivity contribution in [2.24, 2.45) is 5.92 Å². The Hall–Kier alpha value is 0.310. The Morgan fingerprint density at radius 1 is 1.20 bits per heavy atom. The summed E-state index contributed by atoms with van der Waals surface area (Å²) in [5, 5.41) is 4.18. The van der Waals surface area contributed by atoms with Gasteiger partial charge in [-0.25, -0.2) is 0 Å². The molecule has 3 unspecified atom stereocenters. The van der Waals surface area contributed by atoms with Crippen molar-refractivity contribution in [1.82, 2.24) is 5.32 Å². The summed E-state index contributed by atoms with van der Waals surface area (Å²) in [5.41, 5.74) is 0. The summed E-state index contributed by atoms with van der Waals surface area (Å²) < 4.78 is 0. The van der Waals surface area contributed by atoms with Gasteiger partial charge in [-0.05, 0) is 18.8 Å². The van der Waals surface area contributed by atoms with Gasteiger partial charge in [0.1, 0.15) is 0 Å². The molecule has 1 aliphatic carbocycles. The predicted molar refractivity (Wildman–Crippen MR) is 46.5 cm³/mol. The first-order valence-corrected chi connectivity index (χ1v) is 4.81. The molecular formula is C8H15NS. The average Bonchev–Trinajstić information content (AvgIpc) is 2.34. The van der Waals surface area contributed by atoms with Gasteiger partial charge in [-0.1, -0.05) is 12.8 Å². The SMILES string of the molecule is SC1CNC2CCCCC12. The van der Waals surface area contributed by atoms with Crippen molar-refractivity contribution >= 4 is 12.6 Å². The molecule has 0 aromatic carbocycles. The van der Waals surface area contributed by atoms with Crippen molar-refractivity contribution < 1.29 is 0 Å². The monoisotopic (exact) mass is 157 g/mol. The highest BCUT2D eigenvalue weighted by Gasteiger charge is 2.34. The Morgan fingerprint density at radius 3 is 2.80 bits per heavy atom. The van der Waals surface area contributed by atoms with Gasteiger partial charge in [-0.15, -0.1) is 0 Å². The van der Waals surface area contributed by atoms with Crippen LogP contribution in [0.25, 0.3) is 0 Å². The third-order valence-electron chi connectivity index (χ3n) is 2.90. The number of hydrogen-bond acceptors (Lipinski definition) is 2. The highest BCUT2D eigenvalue weighted by atomic mass is 32.1. The molecule has 10 heavy (non-hydrogen) atoms. The minimum absolute atomic E-state index is 0.644. The maximum Gasteiger partial charge on any atom is 0.0185 e. The van der Waals surface area contributed by atoms with Gasteiger partial charge >= 0.3 is 0 Å². The number of fused-ring (bicyclic) bond motifs is 1. The first-order chi connectivity index (χ1) is 4.88. The van der Waals surface area contributed by atoms with E-state index in [1.807, 2.05) is 0 Å². The fourth-order valence-corrected chi connectivity index (χ4v) is 2.76. The molecule has 1 saturated carbocycles. The van der Waals surface area contributed by atoms with E-state index in [1.165, 1.54) is 25.7 Å².